The van der Waals surface area contributed by atoms with Gasteiger partial charge in [0.05, 0.1) is 11.2 Å². The molecule has 1 heterocycles. The number of amides is 1. The molecule has 6 heteroatoms. The van der Waals surface area contributed by atoms with Crippen molar-refractivity contribution in [1.82, 2.24) is 10.2 Å². The number of carbonyl (C=O) groups is 1. The van der Waals surface area contributed by atoms with Gasteiger partial charge in [0.25, 0.3) is 5.91 Å². The zero-order valence-electron chi connectivity index (χ0n) is 15.3. The molecule has 0 aliphatic carbocycles. The zero-order valence-corrected chi connectivity index (χ0v) is 16.1. The van der Waals surface area contributed by atoms with Crippen molar-refractivity contribution in [2.24, 2.45) is 0 Å². The monoisotopic (exact) mass is 390 g/mol. The van der Waals surface area contributed by atoms with E-state index in [1.165, 1.54) is 11.6 Å². The number of phenols is 1. The van der Waals surface area contributed by atoms with Gasteiger partial charge in [-0.3, -0.25) is 4.79 Å². The topological polar surface area (TPSA) is 72.8 Å². The van der Waals surface area contributed by atoms with Crippen LogP contribution in [0.25, 0.3) is 0 Å². The lowest BCUT2D eigenvalue weighted by molar-refractivity contribution is -0.0187. The largest absolute Gasteiger partial charge is 0.507 e. The number of halogens is 1. The average molecular weight is 391 g/mol. The quantitative estimate of drug-likeness (QED) is 0.709. The minimum atomic E-state index is -0.886. The summed E-state index contributed by atoms with van der Waals surface area (Å²) in [7, 11) is 0. The highest BCUT2D eigenvalue weighted by atomic mass is 35.5. The number of hydrogen-bond acceptors (Lipinski definition) is 4. The number of piperidine rings is 1. The van der Waals surface area contributed by atoms with Gasteiger partial charge in [0, 0.05) is 26.2 Å². The second kappa shape index (κ2) is 9.74. The third-order valence-electron chi connectivity index (χ3n) is 5.07. The van der Waals surface area contributed by atoms with E-state index in [9.17, 15) is 15.0 Å². The molecular weight excluding hydrogens is 364 g/mol. The lowest BCUT2D eigenvalue weighted by atomic mass is 9.91. The summed E-state index contributed by atoms with van der Waals surface area (Å²) in [5.41, 5.74) is 0.670. The molecule has 146 valence electrons. The summed E-state index contributed by atoms with van der Waals surface area (Å²) < 4.78 is 0. The fourth-order valence-electron chi connectivity index (χ4n) is 3.31. The van der Waals surface area contributed by atoms with Gasteiger partial charge in [-0.15, -0.1) is 12.4 Å². The Labute approximate surface area is 166 Å². The van der Waals surface area contributed by atoms with E-state index in [-0.39, 0.29) is 36.2 Å². The van der Waals surface area contributed by atoms with Gasteiger partial charge in [0.15, 0.2) is 0 Å². The Morgan fingerprint density at radius 2 is 1.67 bits per heavy atom. The third-order valence-corrected chi connectivity index (χ3v) is 5.07. The molecule has 1 amide bonds. The van der Waals surface area contributed by atoms with Crippen LogP contribution in [0.1, 0.15) is 28.8 Å². The molecule has 2 aromatic carbocycles. The van der Waals surface area contributed by atoms with Crippen molar-refractivity contribution in [1.29, 1.82) is 0 Å². The summed E-state index contributed by atoms with van der Waals surface area (Å²) in [6.07, 6.45) is 2.26. The van der Waals surface area contributed by atoms with Crippen molar-refractivity contribution >= 4 is 18.3 Å². The Morgan fingerprint density at radius 1 is 1.04 bits per heavy atom. The Balaban J connectivity index is 0.00000261. The van der Waals surface area contributed by atoms with Gasteiger partial charge < -0.3 is 20.4 Å². The molecule has 0 saturated carbocycles. The molecule has 3 rings (SSSR count). The molecule has 0 bridgehead atoms. The minimum absolute atomic E-state index is 0. The lowest BCUT2D eigenvalue weighted by Gasteiger charge is -2.38. The number of carbonyl (C=O) groups excluding carboxylic acids is 1. The van der Waals surface area contributed by atoms with Crippen molar-refractivity contribution < 1.29 is 15.0 Å². The molecule has 0 aromatic heterocycles. The highest BCUT2D eigenvalue weighted by Gasteiger charge is 2.32. The number of aromatic hydroxyl groups is 1. The standard InChI is InChI=1S/C21H26N2O3.ClH/c24-19-9-5-4-8-18(19)20(25)22-16-21(26)11-14-23(15-12-21)13-10-17-6-2-1-3-7-17;/h1-9,24,26H,10-16H2,(H,22,25);1H. The Hall–Kier alpha value is -2.08. The van der Waals surface area contributed by atoms with Crippen molar-refractivity contribution in [2.75, 3.05) is 26.2 Å². The maximum Gasteiger partial charge on any atom is 0.255 e. The van der Waals surface area contributed by atoms with Crippen molar-refractivity contribution in [3.8, 4) is 5.75 Å². The highest BCUT2D eigenvalue weighted by molar-refractivity contribution is 5.96. The first-order valence-corrected chi connectivity index (χ1v) is 9.11. The smallest absolute Gasteiger partial charge is 0.255 e. The molecule has 5 nitrogen and oxygen atoms in total. The van der Waals surface area contributed by atoms with Crippen LogP contribution in [0.15, 0.2) is 54.6 Å². The molecule has 0 unspecified atom stereocenters. The molecule has 3 N–H and O–H groups in total. The molecular formula is C21H27ClN2O3. The maximum absolute atomic E-state index is 12.2. The van der Waals surface area contributed by atoms with Crippen LogP contribution in [0.4, 0.5) is 0 Å². The van der Waals surface area contributed by atoms with Gasteiger partial charge >= 0.3 is 0 Å². The van der Waals surface area contributed by atoms with E-state index in [0.29, 0.717) is 12.8 Å². The first-order valence-electron chi connectivity index (χ1n) is 9.11. The summed E-state index contributed by atoms with van der Waals surface area (Å²) in [5.74, 6) is -0.407. The number of phenolic OH excluding ortho intramolecular Hbond substituents is 1. The lowest BCUT2D eigenvalue weighted by Crippen LogP contribution is -2.51. The van der Waals surface area contributed by atoms with Crippen LogP contribution in [-0.4, -0.2) is 52.8 Å². The van der Waals surface area contributed by atoms with Gasteiger partial charge in [-0.05, 0) is 37.0 Å². The van der Waals surface area contributed by atoms with E-state index >= 15 is 0 Å². The van der Waals surface area contributed by atoms with Crippen LogP contribution in [0, 0.1) is 0 Å². The van der Waals surface area contributed by atoms with Crippen molar-refractivity contribution in [3.05, 3.63) is 65.7 Å². The number of nitrogens with one attached hydrogen (secondary N) is 1. The summed E-state index contributed by atoms with van der Waals surface area (Å²) in [5, 5.41) is 23.2. The molecule has 0 spiro atoms. The van der Waals surface area contributed by atoms with Crippen LogP contribution in [0.3, 0.4) is 0 Å². The molecule has 1 aliphatic heterocycles. The van der Waals surface area contributed by atoms with E-state index in [2.05, 4.69) is 34.5 Å². The van der Waals surface area contributed by atoms with Crippen LogP contribution in [0.5, 0.6) is 5.75 Å². The second-order valence-corrected chi connectivity index (χ2v) is 7.00. The molecule has 1 saturated heterocycles. The maximum atomic E-state index is 12.2. The SMILES string of the molecule is Cl.O=C(NCC1(O)CCN(CCc2ccccc2)CC1)c1ccccc1O. The second-order valence-electron chi connectivity index (χ2n) is 7.00. The predicted molar refractivity (Wildman–Crippen MR) is 108 cm³/mol. The summed E-state index contributed by atoms with van der Waals surface area (Å²) >= 11 is 0. The first-order chi connectivity index (χ1) is 12.6. The summed E-state index contributed by atoms with van der Waals surface area (Å²) in [6.45, 7) is 2.81. The Bertz CT molecular complexity index is 731. The summed E-state index contributed by atoms with van der Waals surface area (Å²) in [6, 6.07) is 16.8. The molecule has 27 heavy (non-hydrogen) atoms. The van der Waals surface area contributed by atoms with E-state index in [1.807, 2.05) is 6.07 Å². The van der Waals surface area contributed by atoms with Crippen molar-refractivity contribution in [2.45, 2.75) is 24.9 Å². The van der Waals surface area contributed by atoms with Gasteiger partial charge in [0.2, 0.25) is 0 Å². The zero-order chi connectivity index (χ0) is 18.4. The number of hydrogen-bond donors (Lipinski definition) is 3. The molecule has 1 aliphatic rings. The van der Waals surface area contributed by atoms with E-state index in [1.54, 1.807) is 18.2 Å². The molecule has 1 fully saturated rings. The van der Waals surface area contributed by atoms with Gasteiger partial charge in [-0.1, -0.05) is 42.5 Å². The van der Waals surface area contributed by atoms with Crippen LogP contribution in [0.2, 0.25) is 0 Å². The van der Waals surface area contributed by atoms with E-state index in [4.69, 9.17) is 0 Å². The Morgan fingerprint density at radius 3 is 2.33 bits per heavy atom. The van der Waals surface area contributed by atoms with E-state index < -0.39 is 5.60 Å². The normalized spacial score (nSPS) is 16.3. The number of aliphatic hydroxyl groups is 1. The highest BCUT2D eigenvalue weighted by Crippen LogP contribution is 2.22. The fourth-order valence-corrected chi connectivity index (χ4v) is 3.31. The van der Waals surface area contributed by atoms with E-state index in [0.717, 1.165) is 26.1 Å². The van der Waals surface area contributed by atoms with Crippen LogP contribution in [-0.2, 0) is 6.42 Å². The number of likely N-dealkylation sites (tertiary alicyclic amines) is 1. The first kappa shape index (κ1) is 21.2. The predicted octanol–water partition coefficient (Wildman–Crippen LogP) is 2.61. The third kappa shape index (κ3) is 5.96. The number of rotatable bonds is 6. The number of para-hydroxylation sites is 1. The number of benzene rings is 2. The van der Waals surface area contributed by atoms with Crippen LogP contribution >= 0.6 is 12.4 Å². The van der Waals surface area contributed by atoms with Gasteiger partial charge in [-0.25, -0.2) is 0 Å². The summed E-state index contributed by atoms with van der Waals surface area (Å²) in [4.78, 5) is 14.5. The fraction of sp³-hybridized carbons (Fsp3) is 0.381. The van der Waals surface area contributed by atoms with Crippen LogP contribution < -0.4 is 5.32 Å². The Kier molecular flexibility index (Phi) is 7.66. The average Bonchev–Trinajstić information content (AvgIpc) is 2.67. The molecule has 2 aromatic rings. The molecule has 0 atom stereocenters. The molecule has 0 radical (unpaired) electrons. The van der Waals surface area contributed by atoms with Crippen molar-refractivity contribution in [3.63, 3.8) is 0 Å². The number of nitrogens with zero attached hydrogens (tertiary/aromatic N) is 1. The minimum Gasteiger partial charge on any atom is -0.507 e. The van der Waals surface area contributed by atoms with Gasteiger partial charge in [-0.2, -0.15) is 0 Å². The van der Waals surface area contributed by atoms with Gasteiger partial charge in [0.1, 0.15) is 5.75 Å².